The molecule has 0 radical (unpaired) electrons. The lowest BCUT2D eigenvalue weighted by atomic mass is 10.2. The molecule has 1 aromatic heterocycles. The van der Waals surface area contributed by atoms with Crippen molar-refractivity contribution < 1.29 is 4.79 Å². The van der Waals surface area contributed by atoms with Crippen LogP contribution in [0.1, 0.15) is 12.5 Å². The fourth-order valence-electron chi connectivity index (χ4n) is 2.01. The lowest BCUT2D eigenvalue weighted by molar-refractivity contribution is -0.113. The molecule has 23 heavy (non-hydrogen) atoms. The summed E-state index contributed by atoms with van der Waals surface area (Å²) in [5.41, 5.74) is -0.128. The Labute approximate surface area is 133 Å². The normalized spacial score (nSPS) is 9.87. The van der Waals surface area contributed by atoms with Gasteiger partial charge in [-0.05, 0) is 19.1 Å². The van der Waals surface area contributed by atoms with Gasteiger partial charge in [-0.2, -0.15) is 0 Å². The number of carbonyl (C=O) groups is 1. The standard InChI is InChI=1S/C17H17N3O3/c1-4-20-12-14(16(22)19(3)17(20)23)18(2)15(21)11-10-13-8-6-5-7-9-13/h5-9,12H,4H2,1-3H3. The zero-order valence-electron chi connectivity index (χ0n) is 13.2. The van der Waals surface area contributed by atoms with Crippen LogP contribution in [0.2, 0.25) is 0 Å². The predicted molar refractivity (Wildman–Crippen MR) is 88.3 cm³/mol. The first-order valence-electron chi connectivity index (χ1n) is 7.11. The highest BCUT2D eigenvalue weighted by Crippen LogP contribution is 2.04. The molecule has 1 heterocycles. The van der Waals surface area contributed by atoms with Crippen LogP contribution < -0.4 is 16.1 Å². The van der Waals surface area contributed by atoms with E-state index >= 15 is 0 Å². The molecule has 2 rings (SSSR count). The highest BCUT2D eigenvalue weighted by Gasteiger charge is 2.16. The third-order valence-corrected chi connectivity index (χ3v) is 3.43. The van der Waals surface area contributed by atoms with Crippen LogP contribution in [0.4, 0.5) is 5.69 Å². The Morgan fingerprint density at radius 1 is 1.22 bits per heavy atom. The summed E-state index contributed by atoms with van der Waals surface area (Å²) in [6.07, 6.45) is 1.38. The average Bonchev–Trinajstić information content (AvgIpc) is 2.58. The third kappa shape index (κ3) is 3.40. The van der Waals surface area contributed by atoms with Crippen molar-refractivity contribution in [1.29, 1.82) is 0 Å². The van der Waals surface area contributed by atoms with Gasteiger partial charge in [0, 0.05) is 38.3 Å². The Morgan fingerprint density at radius 2 is 1.87 bits per heavy atom. The Hall–Kier alpha value is -3.07. The minimum absolute atomic E-state index is 0.112. The summed E-state index contributed by atoms with van der Waals surface area (Å²) in [6, 6.07) is 9.08. The average molecular weight is 311 g/mol. The molecule has 1 amide bonds. The summed E-state index contributed by atoms with van der Waals surface area (Å²) in [5, 5.41) is 0. The van der Waals surface area contributed by atoms with Gasteiger partial charge in [0.05, 0.1) is 0 Å². The first kappa shape index (κ1) is 16.3. The summed E-state index contributed by atoms with van der Waals surface area (Å²) in [6.45, 7) is 2.18. The minimum atomic E-state index is -0.530. The quantitative estimate of drug-likeness (QED) is 0.762. The SMILES string of the molecule is CCn1cc(N(C)C(=O)C#Cc2ccccc2)c(=O)n(C)c1=O. The molecule has 2 aromatic rings. The first-order valence-corrected chi connectivity index (χ1v) is 7.11. The molecule has 0 unspecified atom stereocenters. The van der Waals surface area contributed by atoms with Gasteiger partial charge in [-0.1, -0.05) is 24.1 Å². The number of nitrogens with zero attached hydrogens (tertiary/aromatic N) is 3. The second-order valence-corrected chi connectivity index (χ2v) is 4.93. The zero-order chi connectivity index (χ0) is 17.0. The number of carbonyl (C=O) groups excluding carboxylic acids is 1. The van der Waals surface area contributed by atoms with Gasteiger partial charge in [0.2, 0.25) is 0 Å². The van der Waals surface area contributed by atoms with E-state index in [1.54, 1.807) is 19.1 Å². The van der Waals surface area contributed by atoms with Gasteiger partial charge in [-0.3, -0.25) is 23.6 Å². The van der Waals surface area contributed by atoms with Gasteiger partial charge < -0.3 is 0 Å². The molecule has 0 N–H and O–H groups in total. The van der Waals surface area contributed by atoms with Crippen LogP contribution in [0.5, 0.6) is 0 Å². The number of amides is 1. The van der Waals surface area contributed by atoms with Crippen molar-refractivity contribution in [3.8, 4) is 11.8 Å². The largest absolute Gasteiger partial charge is 0.330 e. The zero-order valence-corrected chi connectivity index (χ0v) is 13.2. The van der Waals surface area contributed by atoms with Crippen molar-refractivity contribution in [3.05, 3.63) is 62.9 Å². The van der Waals surface area contributed by atoms with E-state index in [2.05, 4.69) is 11.8 Å². The van der Waals surface area contributed by atoms with Crippen LogP contribution in [0, 0.1) is 11.8 Å². The summed E-state index contributed by atoms with van der Waals surface area (Å²) in [4.78, 5) is 37.4. The molecule has 0 spiro atoms. The minimum Gasteiger partial charge on any atom is -0.299 e. The maximum absolute atomic E-state index is 12.2. The van der Waals surface area contributed by atoms with Crippen LogP contribution in [-0.2, 0) is 18.4 Å². The highest BCUT2D eigenvalue weighted by molar-refractivity contribution is 6.05. The Morgan fingerprint density at radius 3 is 2.48 bits per heavy atom. The van der Waals surface area contributed by atoms with Crippen LogP contribution >= 0.6 is 0 Å². The Balaban J connectivity index is 2.38. The summed E-state index contributed by atoms with van der Waals surface area (Å²) in [5.74, 6) is 4.73. The molecule has 0 aliphatic heterocycles. The maximum atomic E-state index is 12.2. The van der Waals surface area contributed by atoms with Gasteiger partial charge >= 0.3 is 11.6 Å². The van der Waals surface area contributed by atoms with Crippen LogP contribution in [0.15, 0.2) is 46.1 Å². The van der Waals surface area contributed by atoms with Crippen molar-refractivity contribution >= 4 is 11.6 Å². The van der Waals surface area contributed by atoms with E-state index in [4.69, 9.17) is 0 Å². The first-order chi connectivity index (χ1) is 11.0. The van der Waals surface area contributed by atoms with E-state index in [0.717, 1.165) is 9.47 Å². The molecule has 0 aliphatic rings. The molecule has 0 aliphatic carbocycles. The van der Waals surface area contributed by atoms with E-state index in [1.807, 2.05) is 18.2 Å². The van der Waals surface area contributed by atoms with Gasteiger partial charge in [-0.25, -0.2) is 4.79 Å². The monoisotopic (exact) mass is 311 g/mol. The van der Waals surface area contributed by atoms with Crippen molar-refractivity contribution in [2.24, 2.45) is 7.05 Å². The van der Waals surface area contributed by atoms with Crippen LogP contribution in [-0.4, -0.2) is 22.1 Å². The van der Waals surface area contributed by atoms with Gasteiger partial charge in [0.25, 0.3) is 5.56 Å². The molecule has 6 heteroatoms. The van der Waals surface area contributed by atoms with Crippen molar-refractivity contribution in [3.63, 3.8) is 0 Å². The molecule has 0 fully saturated rings. The fraction of sp³-hybridized carbons (Fsp3) is 0.235. The van der Waals surface area contributed by atoms with Gasteiger partial charge in [-0.15, -0.1) is 0 Å². The summed E-state index contributed by atoms with van der Waals surface area (Å²) < 4.78 is 2.35. The topological polar surface area (TPSA) is 64.3 Å². The van der Waals surface area contributed by atoms with E-state index in [1.165, 1.54) is 24.9 Å². The Kier molecular flexibility index (Phi) is 4.82. The van der Waals surface area contributed by atoms with E-state index in [-0.39, 0.29) is 5.69 Å². The molecule has 0 bridgehead atoms. The van der Waals surface area contributed by atoms with Crippen molar-refractivity contribution in [1.82, 2.24) is 9.13 Å². The molecular weight excluding hydrogens is 294 g/mol. The molecular formula is C17H17N3O3. The number of aromatic nitrogens is 2. The number of hydrogen-bond acceptors (Lipinski definition) is 3. The number of hydrogen-bond donors (Lipinski definition) is 0. The molecule has 6 nitrogen and oxygen atoms in total. The smallest absolute Gasteiger partial charge is 0.299 e. The van der Waals surface area contributed by atoms with Crippen LogP contribution in [0.3, 0.4) is 0 Å². The van der Waals surface area contributed by atoms with Gasteiger partial charge in [0.1, 0.15) is 5.69 Å². The summed E-state index contributed by atoms with van der Waals surface area (Å²) >= 11 is 0. The second kappa shape index (κ2) is 6.79. The lowest BCUT2D eigenvalue weighted by Gasteiger charge is -2.15. The van der Waals surface area contributed by atoms with Crippen LogP contribution in [0.25, 0.3) is 0 Å². The second-order valence-electron chi connectivity index (χ2n) is 4.93. The highest BCUT2D eigenvalue weighted by atomic mass is 16.2. The maximum Gasteiger partial charge on any atom is 0.330 e. The molecule has 118 valence electrons. The predicted octanol–water partition coefficient (Wildman–Crippen LogP) is 0.581. The van der Waals surface area contributed by atoms with Gasteiger partial charge in [0.15, 0.2) is 0 Å². The Bertz CT molecular complexity index is 899. The van der Waals surface area contributed by atoms with E-state index < -0.39 is 17.2 Å². The molecule has 0 atom stereocenters. The van der Waals surface area contributed by atoms with Crippen molar-refractivity contribution in [2.75, 3.05) is 11.9 Å². The van der Waals surface area contributed by atoms with E-state index in [9.17, 15) is 14.4 Å². The number of aryl methyl sites for hydroxylation is 1. The number of anilines is 1. The molecule has 0 saturated heterocycles. The summed E-state index contributed by atoms with van der Waals surface area (Å²) in [7, 11) is 2.84. The number of benzene rings is 1. The van der Waals surface area contributed by atoms with E-state index in [0.29, 0.717) is 12.1 Å². The lowest BCUT2D eigenvalue weighted by Crippen LogP contribution is -2.41. The number of rotatable bonds is 2. The fourth-order valence-corrected chi connectivity index (χ4v) is 2.01. The third-order valence-electron chi connectivity index (χ3n) is 3.43. The van der Waals surface area contributed by atoms with Crippen molar-refractivity contribution in [2.45, 2.75) is 13.5 Å². The molecule has 0 saturated carbocycles. The molecule has 1 aromatic carbocycles.